The van der Waals surface area contributed by atoms with Crippen LogP contribution in [0.3, 0.4) is 0 Å². The van der Waals surface area contributed by atoms with E-state index in [1.54, 1.807) is 19.9 Å². The van der Waals surface area contributed by atoms with Crippen LogP contribution >= 0.6 is 0 Å². The Hall–Kier alpha value is -2.56. The minimum absolute atomic E-state index is 0.121. The van der Waals surface area contributed by atoms with Gasteiger partial charge in [0, 0.05) is 19.8 Å². The summed E-state index contributed by atoms with van der Waals surface area (Å²) in [6, 6.07) is 9.68. The maximum absolute atomic E-state index is 11.9. The van der Waals surface area contributed by atoms with Gasteiger partial charge in [-0.2, -0.15) is 0 Å². The van der Waals surface area contributed by atoms with Crippen molar-refractivity contribution in [2.45, 2.75) is 13.8 Å². The Morgan fingerprint density at radius 2 is 1.48 bits per heavy atom. The Labute approximate surface area is 137 Å². The van der Waals surface area contributed by atoms with Crippen LogP contribution in [0.2, 0.25) is 0 Å². The van der Waals surface area contributed by atoms with Gasteiger partial charge in [0.15, 0.2) is 0 Å². The second-order valence-corrected chi connectivity index (χ2v) is 4.83. The highest BCUT2D eigenvalue weighted by molar-refractivity contribution is 6.14. The van der Waals surface area contributed by atoms with Crippen molar-refractivity contribution in [3.63, 3.8) is 0 Å². The van der Waals surface area contributed by atoms with Gasteiger partial charge in [-0.25, -0.2) is 9.59 Å². The zero-order chi connectivity index (χ0) is 17.2. The maximum Gasteiger partial charge on any atom is 0.345 e. The molecule has 0 amide bonds. The average molecular weight is 317 g/mol. The minimum atomic E-state index is -0.687. The molecular weight excluding hydrogens is 294 g/mol. The van der Waals surface area contributed by atoms with E-state index in [0.717, 1.165) is 11.3 Å². The molecule has 0 heterocycles. The minimum Gasteiger partial charge on any atom is -0.462 e. The summed E-state index contributed by atoms with van der Waals surface area (Å²) in [5.74, 6) is -1.37. The highest BCUT2D eigenvalue weighted by Crippen LogP contribution is 2.17. The van der Waals surface area contributed by atoms with Gasteiger partial charge in [0.1, 0.15) is 5.57 Å². The number of esters is 2. The zero-order valence-electron chi connectivity index (χ0n) is 14.0. The van der Waals surface area contributed by atoms with Crippen LogP contribution < -0.4 is 0 Å². The topological polar surface area (TPSA) is 55.8 Å². The summed E-state index contributed by atoms with van der Waals surface area (Å²) in [7, 11) is 3.78. The molecule has 0 aliphatic rings. The molecule has 0 radical (unpaired) electrons. The van der Waals surface area contributed by atoms with Crippen LogP contribution in [0.5, 0.6) is 0 Å². The number of nitrogens with zero attached hydrogens (tertiary/aromatic N) is 1. The highest BCUT2D eigenvalue weighted by atomic mass is 16.6. The quantitative estimate of drug-likeness (QED) is 0.254. The van der Waals surface area contributed by atoms with E-state index in [4.69, 9.17) is 9.47 Å². The Morgan fingerprint density at radius 1 is 0.957 bits per heavy atom. The Bertz CT molecular complexity index is 568. The van der Waals surface area contributed by atoms with E-state index in [9.17, 15) is 9.59 Å². The van der Waals surface area contributed by atoms with E-state index >= 15 is 0 Å². The SMILES string of the molecule is CCOC(=O)C(=CC=C(c1ccccc1)N(C)C)C(=O)OCC. The molecule has 0 saturated heterocycles. The number of benzene rings is 1. The lowest BCUT2D eigenvalue weighted by atomic mass is 10.1. The van der Waals surface area contributed by atoms with Gasteiger partial charge < -0.3 is 14.4 Å². The first-order chi connectivity index (χ1) is 11.0. The fourth-order valence-electron chi connectivity index (χ4n) is 1.91. The van der Waals surface area contributed by atoms with Crippen molar-refractivity contribution >= 4 is 17.6 Å². The third-order valence-corrected chi connectivity index (χ3v) is 2.95. The van der Waals surface area contributed by atoms with E-state index in [2.05, 4.69) is 0 Å². The molecule has 124 valence electrons. The van der Waals surface area contributed by atoms with Crippen molar-refractivity contribution in [1.82, 2.24) is 4.90 Å². The van der Waals surface area contributed by atoms with E-state index in [0.29, 0.717) is 0 Å². The molecule has 1 aromatic rings. The lowest BCUT2D eigenvalue weighted by Gasteiger charge is -2.17. The third kappa shape index (κ3) is 5.62. The maximum atomic E-state index is 11.9. The number of carbonyl (C=O) groups excluding carboxylic acids is 2. The van der Waals surface area contributed by atoms with Gasteiger partial charge in [0.05, 0.1) is 13.2 Å². The van der Waals surface area contributed by atoms with Gasteiger partial charge in [-0.05, 0) is 31.6 Å². The predicted molar refractivity (Wildman–Crippen MR) is 89.5 cm³/mol. The number of hydrogen-bond acceptors (Lipinski definition) is 5. The molecule has 0 aliphatic heterocycles. The van der Waals surface area contributed by atoms with Gasteiger partial charge in [0.2, 0.25) is 0 Å². The Balaban J connectivity index is 3.21. The van der Waals surface area contributed by atoms with Crippen molar-refractivity contribution in [2.24, 2.45) is 0 Å². The normalized spacial score (nSPS) is 10.7. The van der Waals surface area contributed by atoms with Gasteiger partial charge in [-0.3, -0.25) is 0 Å². The van der Waals surface area contributed by atoms with Crippen LogP contribution in [0.25, 0.3) is 5.70 Å². The zero-order valence-corrected chi connectivity index (χ0v) is 14.0. The summed E-state index contributed by atoms with van der Waals surface area (Å²) in [6.07, 6.45) is 3.15. The van der Waals surface area contributed by atoms with Crippen molar-refractivity contribution in [1.29, 1.82) is 0 Å². The number of rotatable bonds is 7. The lowest BCUT2D eigenvalue weighted by molar-refractivity contribution is -0.146. The lowest BCUT2D eigenvalue weighted by Crippen LogP contribution is -2.18. The van der Waals surface area contributed by atoms with Gasteiger partial charge in [0.25, 0.3) is 0 Å². The first-order valence-corrected chi connectivity index (χ1v) is 7.50. The smallest absolute Gasteiger partial charge is 0.345 e. The summed E-state index contributed by atoms with van der Waals surface area (Å²) >= 11 is 0. The molecule has 5 nitrogen and oxygen atoms in total. The molecule has 0 aliphatic carbocycles. The standard InChI is InChI=1S/C18H23NO4/c1-5-22-17(20)15(18(21)23-6-2)12-13-16(19(3)4)14-10-8-7-9-11-14/h7-13H,5-6H2,1-4H3. The molecule has 0 atom stereocenters. The number of hydrogen-bond donors (Lipinski definition) is 0. The molecule has 0 fully saturated rings. The van der Waals surface area contributed by atoms with Gasteiger partial charge in [-0.15, -0.1) is 0 Å². The van der Waals surface area contributed by atoms with Crippen LogP contribution in [0.15, 0.2) is 48.1 Å². The van der Waals surface area contributed by atoms with Crippen LogP contribution in [0.4, 0.5) is 0 Å². The summed E-state index contributed by atoms with van der Waals surface area (Å²) in [5.41, 5.74) is 1.71. The third-order valence-electron chi connectivity index (χ3n) is 2.95. The molecule has 0 unspecified atom stereocenters. The largest absolute Gasteiger partial charge is 0.462 e. The number of ether oxygens (including phenoxy) is 2. The number of allylic oxidation sites excluding steroid dienone is 2. The van der Waals surface area contributed by atoms with Crippen molar-refractivity contribution in [3.8, 4) is 0 Å². The molecule has 1 rings (SSSR count). The molecule has 0 bridgehead atoms. The Kier molecular flexibility index (Phi) is 7.60. The summed E-state index contributed by atoms with van der Waals surface area (Å²) < 4.78 is 9.84. The summed E-state index contributed by atoms with van der Waals surface area (Å²) in [5, 5.41) is 0. The molecular formula is C18H23NO4. The van der Waals surface area contributed by atoms with E-state index in [-0.39, 0.29) is 18.8 Å². The second-order valence-electron chi connectivity index (χ2n) is 4.83. The van der Waals surface area contributed by atoms with Crippen LogP contribution in [0.1, 0.15) is 19.4 Å². The Morgan fingerprint density at radius 3 is 1.91 bits per heavy atom. The average Bonchev–Trinajstić information content (AvgIpc) is 2.52. The van der Waals surface area contributed by atoms with Gasteiger partial charge in [-0.1, -0.05) is 30.3 Å². The van der Waals surface area contributed by atoms with E-state index in [1.165, 1.54) is 6.08 Å². The predicted octanol–water partition coefficient (Wildman–Crippen LogP) is 2.64. The monoisotopic (exact) mass is 317 g/mol. The summed E-state index contributed by atoms with van der Waals surface area (Å²) in [4.78, 5) is 25.8. The first kappa shape index (κ1) is 18.5. The van der Waals surface area contributed by atoms with Crippen molar-refractivity contribution in [2.75, 3.05) is 27.3 Å². The molecule has 0 aromatic heterocycles. The van der Waals surface area contributed by atoms with Gasteiger partial charge >= 0.3 is 11.9 Å². The molecule has 0 spiro atoms. The molecule has 5 heteroatoms. The molecule has 1 aromatic carbocycles. The van der Waals surface area contributed by atoms with Crippen LogP contribution in [0, 0.1) is 0 Å². The van der Waals surface area contributed by atoms with Crippen molar-refractivity contribution < 1.29 is 19.1 Å². The van der Waals surface area contributed by atoms with Crippen molar-refractivity contribution in [3.05, 3.63) is 53.6 Å². The summed E-state index contributed by atoms with van der Waals surface area (Å²) in [6.45, 7) is 3.76. The molecule has 0 N–H and O–H groups in total. The van der Waals surface area contributed by atoms with E-state index in [1.807, 2.05) is 49.3 Å². The highest BCUT2D eigenvalue weighted by Gasteiger charge is 2.20. The first-order valence-electron chi connectivity index (χ1n) is 7.50. The van der Waals surface area contributed by atoms with Crippen LogP contribution in [-0.4, -0.2) is 44.1 Å². The number of carbonyl (C=O) groups is 2. The molecule has 23 heavy (non-hydrogen) atoms. The fraction of sp³-hybridized carbons (Fsp3) is 0.333. The fourth-order valence-corrected chi connectivity index (χ4v) is 1.91. The molecule has 0 saturated carbocycles. The second kappa shape index (κ2) is 9.46. The van der Waals surface area contributed by atoms with Crippen LogP contribution in [-0.2, 0) is 19.1 Å². The van der Waals surface area contributed by atoms with E-state index < -0.39 is 11.9 Å².